The first kappa shape index (κ1) is 15.7. The monoisotopic (exact) mass is 286 g/mol. The number of sulfonamides is 1. The van der Waals surface area contributed by atoms with Crippen molar-refractivity contribution in [1.82, 2.24) is 4.90 Å². The summed E-state index contributed by atoms with van der Waals surface area (Å²) in [5.41, 5.74) is 6.58. The van der Waals surface area contributed by atoms with Crippen molar-refractivity contribution in [3.05, 3.63) is 18.2 Å². The number of benzene rings is 1. The van der Waals surface area contributed by atoms with Gasteiger partial charge in [-0.05, 0) is 45.3 Å². The molecule has 1 rings (SSSR count). The average Bonchev–Trinajstić information content (AvgIpc) is 2.27. The quantitative estimate of drug-likeness (QED) is 0.734. The molecule has 4 N–H and O–H groups in total. The van der Waals surface area contributed by atoms with Crippen LogP contribution < -0.4 is 15.8 Å². The second-order valence-electron chi connectivity index (χ2n) is 4.85. The predicted molar refractivity (Wildman–Crippen MR) is 78.7 cm³/mol. The number of hydrogen-bond acceptors (Lipinski definition) is 5. The molecule has 0 unspecified atom stereocenters. The van der Waals surface area contributed by atoms with Crippen LogP contribution in [0.5, 0.6) is 0 Å². The van der Waals surface area contributed by atoms with Gasteiger partial charge in [0, 0.05) is 19.3 Å². The molecule has 0 radical (unpaired) electrons. The van der Waals surface area contributed by atoms with Crippen LogP contribution in [0.15, 0.2) is 23.1 Å². The summed E-state index contributed by atoms with van der Waals surface area (Å²) in [5.74, 6) is 0. The van der Waals surface area contributed by atoms with E-state index in [1.54, 1.807) is 12.1 Å². The lowest BCUT2D eigenvalue weighted by Gasteiger charge is -2.22. The Bertz CT molecular complexity index is 529. The third-order valence-corrected chi connectivity index (χ3v) is 3.74. The molecule has 0 atom stereocenters. The molecule has 0 aliphatic carbocycles. The van der Waals surface area contributed by atoms with E-state index in [2.05, 4.69) is 4.90 Å². The lowest BCUT2D eigenvalue weighted by molar-refractivity contribution is 0.401. The molecule has 0 spiro atoms. The topological polar surface area (TPSA) is 92.7 Å². The van der Waals surface area contributed by atoms with E-state index in [-0.39, 0.29) is 4.90 Å². The molecule has 108 valence electrons. The van der Waals surface area contributed by atoms with Crippen molar-refractivity contribution < 1.29 is 8.42 Å². The highest BCUT2D eigenvalue weighted by Crippen LogP contribution is 2.25. The van der Waals surface area contributed by atoms with Crippen LogP contribution in [0.1, 0.15) is 6.42 Å². The molecule has 0 saturated heterocycles. The van der Waals surface area contributed by atoms with Crippen molar-refractivity contribution >= 4 is 21.4 Å². The molecule has 0 saturated carbocycles. The van der Waals surface area contributed by atoms with Crippen LogP contribution in [-0.2, 0) is 10.0 Å². The lowest BCUT2D eigenvalue weighted by Crippen LogP contribution is -2.26. The summed E-state index contributed by atoms with van der Waals surface area (Å²) < 4.78 is 23.2. The summed E-state index contributed by atoms with van der Waals surface area (Å²) in [5, 5.41) is 5.22. The standard InChI is InChI=1S/C12H22N4O2S/c1-15(2)7-4-8-16(3)11-6-5-10(13)9-12(11)19(14,17)18/h5-6,9H,4,7-8,13H2,1-3H3,(H2,14,17,18). The van der Waals surface area contributed by atoms with Crippen LogP contribution in [0, 0.1) is 0 Å². The smallest absolute Gasteiger partial charge is 0.240 e. The van der Waals surface area contributed by atoms with Gasteiger partial charge in [-0.2, -0.15) is 0 Å². The largest absolute Gasteiger partial charge is 0.399 e. The molecule has 0 aliphatic rings. The van der Waals surface area contributed by atoms with Gasteiger partial charge in [0.2, 0.25) is 10.0 Å². The first-order chi connectivity index (χ1) is 8.71. The number of nitrogens with two attached hydrogens (primary N) is 2. The van der Waals surface area contributed by atoms with Gasteiger partial charge in [-0.15, -0.1) is 0 Å². The van der Waals surface area contributed by atoms with Gasteiger partial charge in [-0.1, -0.05) is 0 Å². The van der Waals surface area contributed by atoms with E-state index in [0.29, 0.717) is 11.4 Å². The Labute approximate surface area is 115 Å². The summed E-state index contributed by atoms with van der Waals surface area (Å²) >= 11 is 0. The number of rotatable bonds is 6. The second kappa shape index (κ2) is 6.23. The van der Waals surface area contributed by atoms with Crippen LogP contribution in [-0.4, -0.2) is 47.6 Å². The van der Waals surface area contributed by atoms with Crippen LogP contribution in [0.3, 0.4) is 0 Å². The minimum Gasteiger partial charge on any atom is -0.399 e. The number of primary sulfonamides is 1. The molecule has 0 amide bonds. The molecule has 6 nitrogen and oxygen atoms in total. The summed E-state index contributed by atoms with van der Waals surface area (Å²) in [6, 6.07) is 4.75. The summed E-state index contributed by atoms with van der Waals surface area (Å²) in [6.45, 7) is 1.68. The maximum atomic E-state index is 11.6. The number of nitrogen functional groups attached to an aromatic ring is 1. The predicted octanol–water partition coefficient (Wildman–Crippen LogP) is 0.304. The Morgan fingerprint density at radius 2 is 1.79 bits per heavy atom. The molecule has 0 fully saturated rings. The van der Waals surface area contributed by atoms with E-state index in [1.807, 2.05) is 26.0 Å². The normalized spacial score (nSPS) is 11.8. The fraction of sp³-hybridized carbons (Fsp3) is 0.500. The lowest BCUT2D eigenvalue weighted by atomic mass is 10.2. The second-order valence-corrected chi connectivity index (χ2v) is 6.38. The average molecular weight is 286 g/mol. The van der Waals surface area contributed by atoms with E-state index in [4.69, 9.17) is 10.9 Å². The molecule has 0 heterocycles. The van der Waals surface area contributed by atoms with E-state index >= 15 is 0 Å². The van der Waals surface area contributed by atoms with E-state index in [1.165, 1.54) is 6.07 Å². The van der Waals surface area contributed by atoms with Crippen molar-refractivity contribution in [3.8, 4) is 0 Å². The van der Waals surface area contributed by atoms with Crippen LogP contribution in [0.25, 0.3) is 0 Å². The third kappa shape index (κ3) is 4.70. The number of anilines is 2. The van der Waals surface area contributed by atoms with Crippen LogP contribution >= 0.6 is 0 Å². The maximum absolute atomic E-state index is 11.6. The van der Waals surface area contributed by atoms with Crippen molar-refractivity contribution in [1.29, 1.82) is 0 Å². The highest BCUT2D eigenvalue weighted by atomic mass is 32.2. The molecule has 0 bridgehead atoms. The molecule has 0 aromatic heterocycles. The molecule has 1 aromatic rings. The number of nitrogens with zero attached hydrogens (tertiary/aromatic N) is 2. The maximum Gasteiger partial charge on any atom is 0.240 e. The molecular formula is C12H22N4O2S. The highest BCUT2D eigenvalue weighted by Gasteiger charge is 2.17. The fourth-order valence-electron chi connectivity index (χ4n) is 1.82. The van der Waals surface area contributed by atoms with Gasteiger partial charge in [0.05, 0.1) is 5.69 Å². The van der Waals surface area contributed by atoms with E-state index in [0.717, 1.165) is 19.5 Å². The van der Waals surface area contributed by atoms with E-state index < -0.39 is 10.0 Å². The van der Waals surface area contributed by atoms with Gasteiger partial charge in [-0.3, -0.25) is 0 Å². The zero-order valence-corrected chi connectivity index (χ0v) is 12.4. The van der Waals surface area contributed by atoms with Gasteiger partial charge in [0.25, 0.3) is 0 Å². The SMILES string of the molecule is CN(C)CCCN(C)c1ccc(N)cc1S(N)(=O)=O. The van der Waals surface area contributed by atoms with Crippen molar-refractivity contribution in [2.75, 3.05) is 44.9 Å². The highest BCUT2D eigenvalue weighted by molar-refractivity contribution is 7.89. The molecule has 0 aliphatic heterocycles. The summed E-state index contributed by atoms with van der Waals surface area (Å²) in [6.07, 6.45) is 0.929. The summed E-state index contributed by atoms with van der Waals surface area (Å²) in [4.78, 5) is 4.03. The Morgan fingerprint density at radius 3 is 2.32 bits per heavy atom. The summed E-state index contributed by atoms with van der Waals surface area (Å²) in [7, 11) is 2.07. The van der Waals surface area contributed by atoms with Gasteiger partial charge in [0.1, 0.15) is 4.90 Å². The minimum absolute atomic E-state index is 0.0693. The Balaban J connectivity index is 2.94. The first-order valence-corrected chi connectivity index (χ1v) is 7.54. The minimum atomic E-state index is -3.77. The van der Waals surface area contributed by atoms with Crippen molar-refractivity contribution in [2.45, 2.75) is 11.3 Å². The Morgan fingerprint density at radius 1 is 1.16 bits per heavy atom. The molecular weight excluding hydrogens is 264 g/mol. The van der Waals surface area contributed by atoms with Gasteiger partial charge >= 0.3 is 0 Å². The van der Waals surface area contributed by atoms with Crippen LogP contribution in [0.4, 0.5) is 11.4 Å². The van der Waals surface area contributed by atoms with Crippen molar-refractivity contribution in [2.24, 2.45) is 5.14 Å². The van der Waals surface area contributed by atoms with Crippen molar-refractivity contribution in [3.63, 3.8) is 0 Å². The zero-order valence-electron chi connectivity index (χ0n) is 11.6. The molecule has 1 aromatic carbocycles. The Kier molecular flexibility index (Phi) is 5.16. The molecule has 19 heavy (non-hydrogen) atoms. The first-order valence-electron chi connectivity index (χ1n) is 6.00. The van der Waals surface area contributed by atoms with Gasteiger partial charge in [-0.25, -0.2) is 13.6 Å². The third-order valence-electron chi connectivity index (χ3n) is 2.80. The Hall–Kier alpha value is -1.31. The fourth-order valence-corrected chi connectivity index (χ4v) is 2.63. The van der Waals surface area contributed by atoms with Gasteiger partial charge in [0.15, 0.2) is 0 Å². The van der Waals surface area contributed by atoms with Gasteiger partial charge < -0.3 is 15.5 Å². The zero-order chi connectivity index (χ0) is 14.6. The number of hydrogen-bond donors (Lipinski definition) is 2. The van der Waals surface area contributed by atoms with Crippen LogP contribution in [0.2, 0.25) is 0 Å². The van der Waals surface area contributed by atoms with E-state index in [9.17, 15) is 8.42 Å². The molecule has 7 heteroatoms.